The van der Waals surface area contributed by atoms with Gasteiger partial charge in [-0.15, -0.1) is 0 Å². The molecule has 0 unspecified atom stereocenters. The molecule has 30 heavy (non-hydrogen) atoms. The molecule has 0 bridgehead atoms. The third kappa shape index (κ3) is 4.84. The molecule has 6 nitrogen and oxygen atoms in total. The number of nitrogens with one attached hydrogen (secondary N) is 2. The molecule has 1 aromatic heterocycles. The van der Waals surface area contributed by atoms with Crippen LogP contribution in [0.15, 0.2) is 59.2 Å². The van der Waals surface area contributed by atoms with E-state index in [9.17, 15) is 4.79 Å². The zero-order valence-corrected chi connectivity index (χ0v) is 18.7. The summed E-state index contributed by atoms with van der Waals surface area (Å²) in [6.45, 7) is 2.67. The lowest BCUT2D eigenvalue weighted by Crippen LogP contribution is -2.30. The summed E-state index contributed by atoms with van der Waals surface area (Å²) < 4.78 is 2.78. The van der Waals surface area contributed by atoms with Crippen LogP contribution >= 0.6 is 15.9 Å². The maximum Gasteiger partial charge on any atom is 0.319 e. The Morgan fingerprint density at radius 3 is 2.60 bits per heavy atom. The first-order valence-electron chi connectivity index (χ1n) is 10.3. The summed E-state index contributed by atoms with van der Waals surface area (Å²) in [6.07, 6.45) is 4.99. The molecule has 0 saturated carbocycles. The van der Waals surface area contributed by atoms with Crippen molar-refractivity contribution in [2.45, 2.75) is 19.3 Å². The first-order chi connectivity index (χ1) is 14.6. The number of halogens is 1. The minimum Gasteiger partial charge on any atom is -0.371 e. The van der Waals surface area contributed by atoms with E-state index >= 15 is 0 Å². The fraction of sp³-hybridized carbons (Fsp3) is 0.304. The number of aromatic nitrogens is 2. The van der Waals surface area contributed by atoms with Crippen molar-refractivity contribution in [2.75, 3.05) is 29.9 Å². The van der Waals surface area contributed by atoms with Gasteiger partial charge in [0, 0.05) is 43.6 Å². The maximum atomic E-state index is 12.5. The van der Waals surface area contributed by atoms with E-state index in [-0.39, 0.29) is 6.03 Å². The van der Waals surface area contributed by atoms with Crippen LogP contribution in [0, 0.1) is 0 Å². The molecule has 2 N–H and O–H groups in total. The molecule has 2 amide bonds. The number of hydrogen-bond donors (Lipinski definition) is 2. The molecule has 2 aromatic carbocycles. The van der Waals surface area contributed by atoms with Gasteiger partial charge in [0.05, 0.1) is 16.4 Å². The number of nitrogens with zero attached hydrogens (tertiary/aromatic N) is 3. The summed E-state index contributed by atoms with van der Waals surface area (Å²) in [5.74, 6) is 0. The molecule has 0 aliphatic carbocycles. The third-order valence-corrected chi connectivity index (χ3v) is 5.94. The molecule has 2 heterocycles. The van der Waals surface area contributed by atoms with E-state index < -0.39 is 0 Å². The standard InChI is InChI=1S/C23H26BrN5O/c1-28-22(21(24)16-26-28)18-13-19(15-20(14-18)29-11-5-6-12-29)27-23(30)25-10-9-17-7-3-2-4-8-17/h2-4,7-8,13-16H,5-6,9-12H2,1H3,(H2,25,27,30). The molecular weight excluding hydrogens is 442 g/mol. The van der Waals surface area contributed by atoms with Crippen LogP contribution in [0.1, 0.15) is 18.4 Å². The second-order valence-corrected chi connectivity index (χ2v) is 8.40. The molecule has 3 aromatic rings. The van der Waals surface area contributed by atoms with Crippen LogP contribution < -0.4 is 15.5 Å². The quantitative estimate of drug-likeness (QED) is 0.546. The molecular formula is C23H26BrN5O. The third-order valence-electron chi connectivity index (χ3n) is 5.36. The zero-order valence-electron chi connectivity index (χ0n) is 17.1. The Hall–Kier alpha value is -2.80. The average Bonchev–Trinajstić information content (AvgIpc) is 3.39. The first-order valence-corrected chi connectivity index (χ1v) is 11.1. The number of hydrogen-bond acceptors (Lipinski definition) is 3. The van der Waals surface area contributed by atoms with Crippen molar-refractivity contribution in [2.24, 2.45) is 7.05 Å². The van der Waals surface area contributed by atoms with Crippen LogP contribution in [0.3, 0.4) is 0 Å². The zero-order chi connectivity index (χ0) is 20.9. The van der Waals surface area contributed by atoms with Crippen LogP contribution in [0.2, 0.25) is 0 Å². The Labute approximate surface area is 185 Å². The molecule has 4 rings (SSSR count). The fourth-order valence-electron chi connectivity index (χ4n) is 3.85. The van der Waals surface area contributed by atoms with Crippen LogP contribution in [0.25, 0.3) is 11.3 Å². The van der Waals surface area contributed by atoms with Crippen LogP contribution in [0.5, 0.6) is 0 Å². The maximum absolute atomic E-state index is 12.5. The second kappa shape index (κ2) is 9.34. The number of urea groups is 1. The average molecular weight is 468 g/mol. The van der Waals surface area contributed by atoms with Gasteiger partial charge < -0.3 is 15.5 Å². The van der Waals surface area contributed by atoms with Gasteiger partial charge in [-0.1, -0.05) is 30.3 Å². The molecule has 156 valence electrons. The van der Waals surface area contributed by atoms with Crippen LogP contribution in [0.4, 0.5) is 16.2 Å². The molecule has 7 heteroatoms. The monoisotopic (exact) mass is 467 g/mol. The number of rotatable bonds is 6. The molecule has 1 aliphatic heterocycles. The molecule has 1 fully saturated rings. The van der Waals surface area contributed by atoms with Gasteiger partial charge in [-0.05, 0) is 59.0 Å². The Bertz CT molecular complexity index is 992. The Morgan fingerprint density at radius 2 is 1.90 bits per heavy atom. The van der Waals surface area contributed by atoms with Crippen LogP contribution in [-0.4, -0.2) is 35.4 Å². The summed E-state index contributed by atoms with van der Waals surface area (Å²) in [7, 11) is 1.92. The summed E-state index contributed by atoms with van der Waals surface area (Å²) in [6, 6.07) is 16.2. The number of aryl methyl sites for hydroxylation is 1. The van der Waals surface area contributed by atoms with Crippen molar-refractivity contribution in [1.82, 2.24) is 15.1 Å². The molecule has 0 atom stereocenters. The smallest absolute Gasteiger partial charge is 0.319 e. The predicted octanol–water partition coefficient (Wildman–Crippen LogP) is 4.81. The normalized spacial score (nSPS) is 13.5. The minimum absolute atomic E-state index is 0.195. The van der Waals surface area contributed by atoms with Gasteiger partial charge in [0.1, 0.15) is 0 Å². The van der Waals surface area contributed by atoms with Gasteiger partial charge in [-0.3, -0.25) is 4.68 Å². The lowest BCUT2D eigenvalue weighted by atomic mass is 10.1. The van der Waals surface area contributed by atoms with Gasteiger partial charge in [-0.25, -0.2) is 4.79 Å². The number of benzene rings is 2. The Kier molecular flexibility index (Phi) is 6.38. The molecule has 0 radical (unpaired) electrons. The van der Waals surface area contributed by atoms with Gasteiger partial charge in [-0.2, -0.15) is 5.10 Å². The predicted molar refractivity (Wildman–Crippen MR) is 125 cm³/mol. The Balaban J connectivity index is 1.50. The van der Waals surface area contributed by atoms with Gasteiger partial charge in [0.2, 0.25) is 0 Å². The Morgan fingerprint density at radius 1 is 1.13 bits per heavy atom. The molecule has 1 aliphatic rings. The van der Waals surface area contributed by atoms with E-state index in [1.54, 1.807) is 6.20 Å². The molecule has 0 spiro atoms. The summed E-state index contributed by atoms with van der Waals surface area (Å²) in [4.78, 5) is 14.9. The van der Waals surface area contributed by atoms with Gasteiger partial charge in [0.25, 0.3) is 0 Å². The highest BCUT2D eigenvalue weighted by atomic mass is 79.9. The van der Waals surface area contributed by atoms with Crippen molar-refractivity contribution in [3.05, 3.63) is 64.8 Å². The van der Waals surface area contributed by atoms with E-state index in [1.165, 1.54) is 18.4 Å². The van der Waals surface area contributed by atoms with Crippen molar-refractivity contribution in [3.63, 3.8) is 0 Å². The van der Waals surface area contributed by atoms with Gasteiger partial charge >= 0.3 is 6.03 Å². The van der Waals surface area contributed by atoms with E-state index in [1.807, 2.05) is 36.0 Å². The van der Waals surface area contributed by atoms with Crippen LogP contribution in [-0.2, 0) is 13.5 Å². The van der Waals surface area contributed by atoms with E-state index in [2.05, 4.69) is 60.8 Å². The summed E-state index contributed by atoms with van der Waals surface area (Å²) in [5, 5.41) is 10.3. The highest BCUT2D eigenvalue weighted by Gasteiger charge is 2.17. The van der Waals surface area contributed by atoms with Crippen molar-refractivity contribution >= 4 is 33.3 Å². The van der Waals surface area contributed by atoms with E-state index in [0.29, 0.717) is 6.54 Å². The van der Waals surface area contributed by atoms with E-state index in [4.69, 9.17) is 0 Å². The topological polar surface area (TPSA) is 62.2 Å². The largest absolute Gasteiger partial charge is 0.371 e. The first kappa shape index (κ1) is 20.5. The number of carbonyl (C=O) groups is 1. The summed E-state index contributed by atoms with van der Waals surface area (Å²) >= 11 is 3.60. The molecule has 1 saturated heterocycles. The second-order valence-electron chi connectivity index (χ2n) is 7.54. The minimum atomic E-state index is -0.195. The van der Waals surface area contributed by atoms with Crippen molar-refractivity contribution < 1.29 is 4.79 Å². The lowest BCUT2D eigenvalue weighted by Gasteiger charge is -2.20. The number of carbonyl (C=O) groups excluding carboxylic acids is 1. The van der Waals surface area contributed by atoms with Crippen molar-refractivity contribution in [1.29, 1.82) is 0 Å². The number of amides is 2. The van der Waals surface area contributed by atoms with E-state index in [0.717, 1.165) is 46.6 Å². The highest BCUT2D eigenvalue weighted by molar-refractivity contribution is 9.10. The highest BCUT2D eigenvalue weighted by Crippen LogP contribution is 2.34. The SMILES string of the molecule is Cn1ncc(Br)c1-c1cc(NC(=O)NCCc2ccccc2)cc(N2CCCC2)c1. The number of anilines is 2. The summed E-state index contributed by atoms with van der Waals surface area (Å²) in [5.41, 5.74) is 5.11. The van der Waals surface area contributed by atoms with Gasteiger partial charge in [0.15, 0.2) is 0 Å². The van der Waals surface area contributed by atoms with Crippen molar-refractivity contribution in [3.8, 4) is 11.3 Å². The fourth-order valence-corrected chi connectivity index (χ4v) is 4.43. The lowest BCUT2D eigenvalue weighted by molar-refractivity contribution is 0.252.